The van der Waals surface area contributed by atoms with Crippen LogP contribution in [-0.4, -0.2) is 58.1 Å². The first kappa shape index (κ1) is 21.2. The second-order valence-electron chi connectivity index (χ2n) is 8.28. The number of nitrogens with zero attached hydrogens (tertiary/aromatic N) is 2. The maximum absolute atomic E-state index is 12.3. The monoisotopic (exact) mass is 402 g/mol. The number of aryl methyl sites for hydroxylation is 2. The van der Waals surface area contributed by atoms with Crippen molar-refractivity contribution in [3.63, 3.8) is 0 Å². The molecule has 1 aliphatic heterocycles. The van der Waals surface area contributed by atoms with Gasteiger partial charge in [0.25, 0.3) is 0 Å². The van der Waals surface area contributed by atoms with Crippen LogP contribution in [0.4, 0.5) is 4.79 Å². The van der Waals surface area contributed by atoms with Crippen molar-refractivity contribution in [1.29, 1.82) is 0 Å². The Balaban J connectivity index is 1.79. The Labute approximate surface area is 170 Å². The molecule has 0 spiro atoms. The zero-order valence-corrected chi connectivity index (χ0v) is 17.4. The zero-order valence-electron chi connectivity index (χ0n) is 17.4. The smallest absolute Gasteiger partial charge is 0.489 e. The Morgan fingerprint density at radius 2 is 2.03 bits per heavy atom. The van der Waals surface area contributed by atoms with Gasteiger partial charge in [-0.1, -0.05) is 17.3 Å². The van der Waals surface area contributed by atoms with Gasteiger partial charge in [-0.05, 0) is 46.2 Å². The van der Waals surface area contributed by atoms with Crippen molar-refractivity contribution < 1.29 is 28.8 Å². The Kier molecular flexibility index (Phi) is 5.91. The molecular formula is C20H27BN2O6. The highest BCUT2D eigenvalue weighted by molar-refractivity contribution is 6.59. The van der Waals surface area contributed by atoms with Gasteiger partial charge in [-0.2, -0.15) is 0 Å². The molecule has 1 fully saturated rings. The highest BCUT2D eigenvalue weighted by Gasteiger charge is 2.32. The number of carbonyl (C=O) groups excluding carboxylic acids is 1. The fourth-order valence-electron chi connectivity index (χ4n) is 3.40. The van der Waals surface area contributed by atoms with E-state index in [1.165, 1.54) is 0 Å². The lowest BCUT2D eigenvalue weighted by Crippen LogP contribution is -2.37. The van der Waals surface area contributed by atoms with Crippen molar-refractivity contribution in [3.8, 4) is 16.9 Å². The maximum Gasteiger partial charge on any atom is 0.492 e. The Morgan fingerprint density at radius 3 is 2.62 bits per heavy atom. The highest BCUT2D eigenvalue weighted by Crippen LogP contribution is 2.30. The number of amides is 1. The molecule has 2 N–H and O–H groups in total. The Bertz CT molecular complexity index is 870. The van der Waals surface area contributed by atoms with Crippen molar-refractivity contribution in [3.05, 3.63) is 29.7 Å². The van der Waals surface area contributed by atoms with E-state index in [1.807, 2.05) is 34.6 Å². The van der Waals surface area contributed by atoms with Crippen LogP contribution in [0.1, 0.15) is 38.6 Å². The molecule has 0 bridgehead atoms. The number of aromatic nitrogens is 1. The molecule has 9 heteroatoms. The molecule has 2 aromatic rings. The average Bonchev–Trinajstić information content (AvgIpc) is 3.20. The van der Waals surface area contributed by atoms with E-state index in [0.29, 0.717) is 31.0 Å². The SMILES string of the molecule is Cc1noc(C)c1-c1ccc(B(O)O)c(O[C@H]2CCN(C(=O)OC(C)(C)C)C2)c1. The summed E-state index contributed by atoms with van der Waals surface area (Å²) in [6.07, 6.45) is -0.0362. The normalized spacial score (nSPS) is 16.8. The molecule has 0 aliphatic carbocycles. The van der Waals surface area contributed by atoms with Gasteiger partial charge in [0.2, 0.25) is 0 Å². The van der Waals surface area contributed by atoms with Crippen molar-refractivity contribution in [2.24, 2.45) is 0 Å². The standard InChI is InChI=1S/C20H27BN2O6/c1-12-18(13(2)29-22-12)14-6-7-16(21(25)26)17(10-14)27-15-8-9-23(11-15)19(24)28-20(3,4)5/h6-7,10,15,25-26H,8-9,11H2,1-5H3/t15-/m0/s1. The van der Waals surface area contributed by atoms with E-state index in [4.69, 9.17) is 14.0 Å². The quantitative estimate of drug-likeness (QED) is 0.754. The van der Waals surface area contributed by atoms with Crippen molar-refractivity contribution in [1.82, 2.24) is 10.1 Å². The molecule has 0 saturated carbocycles. The topological polar surface area (TPSA) is 105 Å². The molecule has 1 atom stereocenters. The Morgan fingerprint density at radius 1 is 1.31 bits per heavy atom. The number of benzene rings is 1. The predicted molar refractivity (Wildman–Crippen MR) is 108 cm³/mol. The number of carbonyl (C=O) groups is 1. The fraction of sp³-hybridized carbons (Fsp3) is 0.500. The van der Waals surface area contributed by atoms with Crippen LogP contribution in [-0.2, 0) is 4.74 Å². The largest absolute Gasteiger partial charge is 0.492 e. The van der Waals surface area contributed by atoms with E-state index in [-0.39, 0.29) is 17.7 Å². The molecule has 1 saturated heterocycles. The fourth-order valence-corrected chi connectivity index (χ4v) is 3.40. The van der Waals surface area contributed by atoms with Crippen molar-refractivity contribution in [2.75, 3.05) is 13.1 Å². The molecule has 3 rings (SSSR count). The van der Waals surface area contributed by atoms with Crippen LogP contribution >= 0.6 is 0 Å². The van der Waals surface area contributed by atoms with Crippen LogP contribution in [0, 0.1) is 13.8 Å². The van der Waals surface area contributed by atoms with E-state index in [0.717, 1.165) is 16.8 Å². The summed E-state index contributed by atoms with van der Waals surface area (Å²) in [6, 6.07) is 5.13. The molecule has 1 aromatic heterocycles. The summed E-state index contributed by atoms with van der Waals surface area (Å²) in [5.41, 5.74) is 2.09. The van der Waals surface area contributed by atoms with E-state index >= 15 is 0 Å². The maximum atomic E-state index is 12.3. The van der Waals surface area contributed by atoms with Crippen LogP contribution in [0.3, 0.4) is 0 Å². The summed E-state index contributed by atoms with van der Waals surface area (Å²) in [5, 5.41) is 23.4. The molecule has 156 valence electrons. The lowest BCUT2D eigenvalue weighted by atomic mass is 9.78. The number of rotatable bonds is 4. The van der Waals surface area contributed by atoms with Gasteiger partial charge in [0.15, 0.2) is 0 Å². The third kappa shape index (κ3) is 4.91. The van der Waals surface area contributed by atoms with Crippen molar-refractivity contribution in [2.45, 2.75) is 52.7 Å². The molecule has 29 heavy (non-hydrogen) atoms. The number of likely N-dealkylation sites (tertiary alicyclic amines) is 1. The second-order valence-corrected chi connectivity index (χ2v) is 8.28. The third-order valence-electron chi connectivity index (χ3n) is 4.70. The lowest BCUT2D eigenvalue weighted by Gasteiger charge is -2.24. The van der Waals surface area contributed by atoms with Gasteiger partial charge in [-0.3, -0.25) is 0 Å². The summed E-state index contributed by atoms with van der Waals surface area (Å²) in [5.74, 6) is 1.02. The molecule has 0 unspecified atom stereocenters. The summed E-state index contributed by atoms with van der Waals surface area (Å²) in [4.78, 5) is 13.9. The summed E-state index contributed by atoms with van der Waals surface area (Å²) in [7, 11) is -1.67. The Hall–Kier alpha value is -2.52. The number of hydrogen-bond donors (Lipinski definition) is 2. The van der Waals surface area contributed by atoms with Crippen molar-refractivity contribution >= 4 is 18.7 Å². The summed E-state index contributed by atoms with van der Waals surface area (Å²) in [6.45, 7) is 10.0. The first-order valence-corrected chi connectivity index (χ1v) is 9.63. The summed E-state index contributed by atoms with van der Waals surface area (Å²) < 4.78 is 16.7. The van der Waals surface area contributed by atoms with Gasteiger partial charge < -0.3 is 28.9 Å². The molecule has 1 amide bonds. The number of hydrogen-bond acceptors (Lipinski definition) is 7. The zero-order chi connectivity index (χ0) is 21.3. The van der Waals surface area contributed by atoms with Crippen LogP contribution in [0.15, 0.2) is 22.7 Å². The molecule has 1 aromatic carbocycles. The lowest BCUT2D eigenvalue weighted by molar-refractivity contribution is 0.0276. The van der Waals surface area contributed by atoms with Crippen LogP contribution in [0.25, 0.3) is 11.1 Å². The minimum Gasteiger partial charge on any atom is -0.489 e. The predicted octanol–water partition coefficient (Wildman–Crippen LogP) is 2.03. The molecule has 0 radical (unpaired) electrons. The number of ether oxygens (including phenoxy) is 2. The van der Waals surface area contributed by atoms with E-state index in [2.05, 4.69) is 5.16 Å². The second kappa shape index (κ2) is 8.08. The first-order chi connectivity index (χ1) is 13.5. The molecule has 1 aliphatic rings. The molecule has 8 nitrogen and oxygen atoms in total. The van der Waals surface area contributed by atoms with E-state index < -0.39 is 12.7 Å². The van der Waals surface area contributed by atoms with E-state index in [9.17, 15) is 14.8 Å². The van der Waals surface area contributed by atoms with Crippen LogP contribution < -0.4 is 10.2 Å². The minimum absolute atomic E-state index is 0.260. The van der Waals surface area contributed by atoms with Crippen LogP contribution in [0.5, 0.6) is 5.75 Å². The van der Waals surface area contributed by atoms with Gasteiger partial charge in [0.05, 0.1) is 12.2 Å². The summed E-state index contributed by atoms with van der Waals surface area (Å²) >= 11 is 0. The first-order valence-electron chi connectivity index (χ1n) is 9.63. The van der Waals surface area contributed by atoms with Gasteiger partial charge in [0.1, 0.15) is 23.2 Å². The van der Waals surface area contributed by atoms with E-state index in [1.54, 1.807) is 23.1 Å². The van der Waals surface area contributed by atoms with Gasteiger partial charge >= 0.3 is 13.2 Å². The average molecular weight is 402 g/mol. The van der Waals surface area contributed by atoms with Gasteiger partial charge in [-0.25, -0.2) is 4.79 Å². The highest BCUT2D eigenvalue weighted by atomic mass is 16.6. The van der Waals surface area contributed by atoms with Crippen LogP contribution in [0.2, 0.25) is 0 Å². The third-order valence-corrected chi connectivity index (χ3v) is 4.70. The van der Waals surface area contributed by atoms with Gasteiger partial charge in [0, 0.05) is 24.0 Å². The van der Waals surface area contributed by atoms with Gasteiger partial charge in [-0.15, -0.1) is 0 Å². The minimum atomic E-state index is -1.67. The molecular weight excluding hydrogens is 375 g/mol. The molecule has 2 heterocycles.